The highest BCUT2D eigenvalue weighted by Crippen LogP contribution is 2.18. The predicted molar refractivity (Wildman–Crippen MR) is 76.1 cm³/mol. The highest BCUT2D eigenvalue weighted by Gasteiger charge is 2.16. The number of nitrogens with one attached hydrogen (secondary N) is 1. The average Bonchev–Trinajstić information content (AvgIpc) is 2.89. The molecule has 1 N–H and O–H groups in total. The molecule has 0 amide bonds. The van der Waals surface area contributed by atoms with E-state index in [-0.39, 0.29) is 0 Å². The standard InChI is InChI=1S/C15H24N2O/c1-12(16-10-13-8-9-18-11-13)14-4-6-15(7-5-14)17(2)3/h4-7,12-13,16H,8-11H2,1-3H3. The van der Waals surface area contributed by atoms with Crippen LogP contribution in [0.25, 0.3) is 0 Å². The van der Waals surface area contributed by atoms with Crippen molar-refractivity contribution in [2.45, 2.75) is 19.4 Å². The van der Waals surface area contributed by atoms with Crippen LogP contribution in [0.15, 0.2) is 24.3 Å². The maximum atomic E-state index is 5.39. The SMILES string of the molecule is CC(NCC1CCOC1)c1ccc(N(C)C)cc1. The monoisotopic (exact) mass is 248 g/mol. The van der Waals surface area contributed by atoms with E-state index in [9.17, 15) is 0 Å². The summed E-state index contributed by atoms with van der Waals surface area (Å²) in [5.41, 5.74) is 2.59. The molecule has 0 aromatic heterocycles. The van der Waals surface area contributed by atoms with Gasteiger partial charge in [0, 0.05) is 39.0 Å². The van der Waals surface area contributed by atoms with Crippen molar-refractivity contribution < 1.29 is 4.74 Å². The normalized spacial score (nSPS) is 20.9. The van der Waals surface area contributed by atoms with Crippen molar-refractivity contribution in [3.05, 3.63) is 29.8 Å². The van der Waals surface area contributed by atoms with Gasteiger partial charge in [-0.05, 0) is 37.0 Å². The van der Waals surface area contributed by atoms with E-state index in [4.69, 9.17) is 4.74 Å². The van der Waals surface area contributed by atoms with Crippen molar-refractivity contribution in [3.63, 3.8) is 0 Å². The van der Waals surface area contributed by atoms with Crippen LogP contribution in [0.1, 0.15) is 24.9 Å². The third-order valence-electron chi connectivity index (χ3n) is 3.65. The Kier molecular flexibility index (Phi) is 4.61. The molecule has 1 fully saturated rings. The number of hydrogen-bond donors (Lipinski definition) is 1. The molecule has 100 valence electrons. The highest BCUT2D eigenvalue weighted by atomic mass is 16.5. The first-order valence-electron chi connectivity index (χ1n) is 6.75. The second-order valence-corrected chi connectivity index (χ2v) is 5.35. The molecule has 3 heteroatoms. The molecule has 0 spiro atoms. The van der Waals surface area contributed by atoms with Crippen LogP contribution >= 0.6 is 0 Å². The largest absolute Gasteiger partial charge is 0.381 e. The van der Waals surface area contributed by atoms with Gasteiger partial charge >= 0.3 is 0 Å². The lowest BCUT2D eigenvalue weighted by Gasteiger charge is -2.18. The van der Waals surface area contributed by atoms with E-state index < -0.39 is 0 Å². The molecule has 1 aromatic rings. The van der Waals surface area contributed by atoms with Crippen LogP contribution in [0.5, 0.6) is 0 Å². The first-order chi connectivity index (χ1) is 8.66. The van der Waals surface area contributed by atoms with E-state index in [0.717, 1.165) is 19.8 Å². The number of nitrogens with zero attached hydrogens (tertiary/aromatic N) is 1. The summed E-state index contributed by atoms with van der Waals surface area (Å²) in [6, 6.07) is 9.16. The van der Waals surface area contributed by atoms with Crippen LogP contribution in [0, 0.1) is 5.92 Å². The third-order valence-corrected chi connectivity index (χ3v) is 3.65. The molecule has 2 unspecified atom stereocenters. The van der Waals surface area contributed by atoms with Crippen molar-refractivity contribution in [2.24, 2.45) is 5.92 Å². The summed E-state index contributed by atoms with van der Waals surface area (Å²) in [5.74, 6) is 0.688. The molecule has 1 saturated heterocycles. The Morgan fingerprint density at radius 1 is 1.33 bits per heavy atom. The van der Waals surface area contributed by atoms with Gasteiger partial charge in [-0.2, -0.15) is 0 Å². The van der Waals surface area contributed by atoms with Gasteiger partial charge in [-0.3, -0.25) is 0 Å². The van der Waals surface area contributed by atoms with Crippen LogP contribution in [-0.4, -0.2) is 33.9 Å². The fourth-order valence-corrected chi connectivity index (χ4v) is 2.27. The zero-order chi connectivity index (χ0) is 13.0. The Balaban J connectivity index is 1.85. The molecule has 2 atom stereocenters. The van der Waals surface area contributed by atoms with Crippen LogP contribution in [0.4, 0.5) is 5.69 Å². The first kappa shape index (κ1) is 13.4. The fraction of sp³-hybridized carbons (Fsp3) is 0.600. The summed E-state index contributed by atoms with van der Waals surface area (Å²) in [6.45, 7) is 5.12. The van der Waals surface area contributed by atoms with Gasteiger partial charge in [-0.1, -0.05) is 12.1 Å². The van der Waals surface area contributed by atoms with Crippen molar-refractivity contribution in [1.82, 2.24) is 5.32 Å². The van der Waals surface area contributed by atoms with Crippen molar-refractivity contribution >= 4 is 5.69 Å². The van der Waals surface area contributed by atoms with Crippen LogP contribution in [0.3, 0.4) is 0 Å². The predicted octanol–water partition coefficient (Wildman–Crippen LogP) is 2.44. The Morgan fingerprint density at radius 3 is 2.61 bits per heavy atom. The lowest BCUT2D eigenvalue weighted by atomic mass is 10.1. The van der Waals surface area contributed by atoms with Gasteiger partial charge in [-0.15, -0.1) is 0 Å². The zero-order valence-corrected chi connectivity index (χ0v) is 11.6. The van der Waals surface area contributed by atoms with E-state index >= 15 is 0 Å². The van der Waals surface area contributed by atoms with Crippen LogP contribution in [-0.2, 0) is 4.74 Å². The van der Waals surface area contributed by atoms with Gasteiger partial charge in [0.05, 0.1) is 6.61 Å². The van der Waals surface area contributed by atoms with Crippen LogP contribution < -0.4 is 10.2 Å². The topological polar surface area (TPSA) is 24.5 Å². The quantitative estimate of drug-likeness (QED) is 0.866. The number of ether oxygens (including phenoxy) is 1. The van der Waals surface area contributed by atoms with E-state index in [2.05, 4.69) is 55.5 Å². The fourth-order valence-electron chi connectivity index (χ4n) is 2.27. The molecular formula is C15H24N2O. The third kappa shape index (κ3) is 3.47. The summed E-state index contributed by atoms with van der Waals surface area (Å²) in [6.07, 6.45) is 1.19. The van der Waals surface area contributed by atoms with E-state index in [1.807, 2.05) is 0 Å². The Hall–Kier alpha value is -1.06. The second-order valence-electron chi connectivity index (χ2n) is 5.35. The molecule has 18 heavy (non-hydrogen) atoms. The molecule has 0 aliphatic carbocycles. The van der Waals surface area contributed by atoms with Gasteiger partial charge in [0.2, 0.25) is 0 Å². The van der Waals surface area contributed by atoms with E-state index in [1.165, 1.54) is 17.7 Å². The molecule has 0 bridgehead atoms. The minimum atomic E-state index is 0.404. The number of benzene rings is 1. The van der Waals surface area contributed by atoms with Crippen molar-refractivity contribution in [2.75, 3.05) is 38.8 Å². The highest BCUT2D eigenvalue weighted by molar-refractivity contribution is 5.46. The number of rotatable bonds is 5. The van der Waals surface area contributed by atoms with E-state index in [1.54, 1.807) is 0 Å². The molecule has 0 radical (unpaired) electrons. The summed E-state index contributed by atoms with van der Waals surface area (Å²) >= 11 is 0. The molecule has 1 heterocycles. The summed E-state index contributed by atoms with van der Waals surface area (Å²) < 4.78 is 5.39. The minimum absolute atomic E-state index is 0.404. The Morgan fingerprint density at radius 2 is 2.06 bits per heavy atom. The number of hydrogen-bond acceptors (Lipinski definition) is 3. The summed E-state index contributed by atoms with van der Waals surface area (Å²) in [4.78, 5) is 2.12. The molecule has 2 rings (SSSR count). The lowest BCUT2D eigenvalue weighted by molar-refractivity contribution is 0.184. The van der Waals surface area contributed by atoms with Gasteiger partial charge in [-0.25, -0.2) is 0 Å². The maximum Gasteiger partial charge on any atom is 0.0507 e. The van der Waals surface area contributed by atoms with Crippen molar-refractivity contribution in [3.8, 4) is 0 Å². The van der Waals surface area contributed by atoms with E-state index in [0.29, 0.717) is 12.0 Å². The van der Waals surface area contributed by atoms with Gasteiger partial charge in [0.1, 0.15) is 0 Å². The Bertz CT molecular complexity index is 355. The van der Waals surface area contributed by atoms with Gasteiger partial charge < -0.3 is 15.0 Å². The first-order valence-corrected chi connectivity index (χ1v) is 6.75. The number of anilines is 1. The zero-order valence-electron chi connectivity index (χ0n) is 11.6. The van der Waals surface area contributed by atoms with Crippen LogP contribution in [0.2, 0.25) is 0 Å². The molecule has 1 aromatic carbocycles. The molecule has 1 aliphatic heterocycles. The summed E-state index contributed by atoms with van der Waals surface area (Å²) in [5, 5.41) is 3.60. The van der Waals surface area contributed by atoms with Gasteiger partial charge in [0.15, 0.2) is 0 Å². The smallest absolute Gasteiger partial charge is 0.0507 e. The molecule has 1 aliphatic rings. The molecular weight excluding hydrogens is 224 g/mol. The summed E-state index contributed by atoms with van der Waals surface area (Å²) in [7, 11) is 4.13. The van der Waals surface area contributed by atoms with Crippen molar-refractivity contribution in [1.29, 1.82) is 0 Å². The minimum Gasteiger partial charge on any atom is -0.381 e. The molecule has 3 nitrogen and oxygen atoms in total. The lowest BCUT2D eigenvalue weighted by Crippen LogP contribution is -2.26. The average molecular weight is 248 g/mol. The Labute approximate surface area is 110 Å². The van der Waals surface area contributed by atoms with Gasteiger partial charge in [0.25, 0.3) is 0 Å². The molecule has 0 saturated carbocycles. The second kappa shape index (κ2) is 6.21. The maximum absolute atomic E-state index is 5.39.